The minimum Gasteiger partial charge on any atom is -0.337 e. The summed E-state index contributed by atoms with van der Waals surface area (Å²) in [5.74, 6) is -0.445. The topological polar surface area (TPSA) is 79.6 Å². The fraction of sp³-hybridized carbons (Fsp3) is 0.571. The number of nitrogens with zero attached hydrogens (tertiary/aromatic N) is 4. The van der Waals surface area contributed by atoms with E-state index in [1.165, 1.54) is 24.9 Å². The van der Waals surface area contributed by atoms with E-state index >= 15 is 0 Å². The van der Waals surface area contributed by atoms with Gasteiger partial charge in [0, 0.05) is 31.3 Å². The maximum absolute atomic E-state index is 12.5. The molecule has 24 heavy (non-hydrogen) atoms. The average molecular weight is 346 g/mol. The van der Waals surface area contributed by atoms with Crippen molar-refractivity contribution in [3.63, 3.8) is 0 Å². The summed E-state index contributed by atoms with van der Waals surface area (Å²) < 4.78 is 37.4. The van der Waals surface area contributed by atoms with Crippen LogP contribution in [0.3, 0.4) is 0 Å². The lowest BCUT2D eigenvalue weighted by Crippen LogP contribution is -2.49. The van der Waals surface area contributed by atoms with Gasteiger partial charge in [0.25, 0.3) is 5.69 Å². The SMILES string of the molecule is C[C@@H](C(=O)N1CCc2ncc([N+](=O)[O-])cc2C1)N(C)CC(F)(F)F. The third-order valence-electron chi connectivity index (χ3n) is 3.99. The second-order valence-corrected chi connectivity index (χ2v) is 5.77. The first-order chi connectivity index (χ1) is 11.1. The summed E-state index contributed by atoms with van der Waals surface area (Å²) in [4.78, 5) is 29.0. The Bertz CT molecular complexity index is 651. The molecule has 0 spiro atoms. The number of hydrogen-bond donors (Lipinski definition) is 0. The quantitative estimate of drug-likeness (QED) is 0.613. The summed E-state index contributed by atoms with van der Waals surface area (Å²) in [6.07, 6.45) is -2.81. The van der Waals surface area contributed by atoms with Crippen LogP contribution in [0.25, 0.3) is 0 Å². The molecule has 1 atom stereocenters. The number of alkyl halides is 3. The minimum atomic E-state index is -4.39. The number of likely N-dealkylation sites (N-methyl/N-ethyl adjacent to an activating group) is 1. The Kier molecular flexibility index (Phi) is 5.07. The molecule has 0 saturated heterocycles. The predicted molar refractivity (Wildman–Crippen MR) is 78.2 cm³/mol. The number of pyridine rings is 1. The Hall–Kier alpha value is -2.23. The first-order valence-corrected chi connectivity index (χ1v) is 7.26. The molecule has 0 radical (unpaired) electrons. The van der Waals surface area contributed by atoms with E-state index < -0.39 is 29.6 Å². The van der Waals surface area contributed by atoms with E-state index in [-0.39, 0.29) is 12.2 Å². The molecule has 2 rings (SSSR count). The lowest BCUT2D eigenvalue weighted by atomic mass is 10.0. The molecule has 1 aromatic heterocycles. The van der Waals surface area contributed by atoms with Crippen molar-refractivity contribution in [3.05, 3.63) is 33.6 Å². The Morgan fingerprint density at radius 1 is 1.54 bits per heavy atom. The maximum atomic E-state index is 12.5. The van der Waals surface area contributed by atoms with Crippen LogP contribution in [0.1, 0.15) is 18.2 Å². The molecule has 1 amide bonds. The Balaban J connectivity index is 2.10. The molecule has 1 aromatic rings. The Morgan fingerprint density at radius 3 is 2.79 bits per heavy atom. The van der Waals surface area contributed by atoms with Crippen molar-refractivity contribution < 1.29 is 22.9 Å². The molecular weight excluding hydrogens is 329 g/mol. The summed E-state index contributed by atoms with van der Waals surface area (Å²) in [6.45, 7) is 0.653. The fourth-order valence-electron chi connectivity index (χ4n) is 2.57. The highest BCUT2D eigenvalue weighted by Crippen LogP contribution is 2.23. The summed E-state index contributed by atoms with van der Waals surface area (Å²) in [5, 5.41) is 10.8. The molecular formula is C14H17F3N4O3. The Morgan fingerprint density at radius 2 is 2.21 bits per heavy atom. The van der Waals surface area contributed by atoms with Gasteiger partial charge in [-0.1, -0.05) is 0 Å². The summed E-state index contributed by atoms with van der Waals surface area (Å²) >= 11 is 0. The zero-order valence-corrected chi connectivity index (χ0v) is 13.2. The van der Waals surface area contributed by atoms with Gasteiger partial charge in [-0.05, 0) is 19.5 Å². The molecule has 132 valence electrons. The summed E-state index contributed by atoms with van der Waals surface area (Å²) in [5.41, 5.74) is 1.04. The van der Waals surface area contributed by atoms with Crippen molar-refractivity contribution in [3.8, 4) is 0 Å². The van der Waals surface area contributed by atoms with Gasteiger partial charge in [-0.3, -0.25) is 24.8 Å². The van der Waals surface area contributed by atoms with Gasteiger partial charge in [0.2, 0.25) is 5.91 Å². The number of halogens is 3. The minimum absolute atomic E-state index is 0.104. The highest BCUT2D eigenvalue weighted by Gasteiger charge is 2.34. The number of carbonyl (C=O) groups excluding carboxylic acids is 1. The molecule has 0 unspecified atom stereocenters. The van der Waals surface area contributed by atoms with Crippen LogP contribution in [0.15, 0.2) is 12.3 Å². The van der Waals surface area contributed by atoms with E-state index in [4.69, 9.17) is 0 Å². The maximum Gasteiger partial charge on any atom is 0.401 e. The van der Waals surface area contributed by atoms with Gasteiger partial charge in [-0.2, -0.15) is 13.2 Å². The van der Waals surface area contributed by atoms with E-state index in [1.807, 2.05) is 0 Å². The van der Waals surface area contributed by atoms with Crippen molar-refractivity contribution in [1.29, 1.82) is 0 Å². The second-order valence-electron chi connectivity index (χ2n) is 5.77. The molecule has 0 aromatic carbocycles. The first kappa shape index (κ1) is 18.1. The zero-order valence-electron chi connectivity index (χ0n) is 13.2. The lowest BCUT2D eigenvalue weighted by molar-refractivity contribution is -0.385. The number of amides is 1. The largest absolute Gasteiger partial charge is 0.401 e. The van der Waals surface area contributed by atoms with Gasteiger partial charge in [-0.25, -0.2) is 0 Å². The Labute approximate surface area is 136 Å². The normalized spacial score (nSPS) is 16.0. The van der Waals surface area contributed by atoms with Crippen LogP contribution in [0.5, 0.6) is 0 Å². The third-order valence-corrected chi connectivity index (χ3v) is 3.99. The van der Waals surface area contributed by atoms with Gasteiger partial charge in [0.05, 0.1) is 17.5 Å². The number of rotatable bonds is 4. The lowest BCUT2D eigenvalue weighted by Gasteiger charge is -2.33. The fourth-order valence-corrected chi connectivity index (χ4v) is 2.57. The van der Waals surface area contributed by atoms with Crippen LogP contribution in [0, 0.1) is 10.1 Å². The number of aromatic nitrogens is 1. The number of nitro groups is 1. The van der Waals surface area contributed by atoms with Crippen LogP contribution in [-0.4, -0.2) is 58.0 Å². The average Bonchev–Trinajstić information content (AvgIpc) is 2.50. The molecule has 2 heterocycles. The van der Waals surface area contributed by atoms with E-state index in [0.29, 0.717) is 24.2 Å². The van der Waals surface area contributed by atoms with Gasteiger partial charge < -0.3 is 4.90 Å². The summed E-state index contributed by atoms with van der Waals surface area (Å²) in [7, 11) is 1.24. The molecule has 0 N–H and O–H groups in total. The van der Waals surface area contributed by atoms with Gasteiger partial charge >= 0.3 is 6.18 Å². The zero-order chi connectivity index (χ0) is 18.1. The van der Waals surface area contributed by atoms with Crippen molar-refractivity contribution >= 4 is 11.6 Å². The highest BCUT2D eigenvalue weighted by atomic mass is 19.4. The molecule has 10 heteroatoms. The van der Waals surface area contributed by atoms with Crippen LogP contribution in [0.2, 0.25) is 0 Å². The highest BCUT2D eigenvalue weighted by molar-refractivity contribution is 5.81. The predicted octanol–water partition coefficient (Wildman–Crippen LogP) is 1.76. The van der Waals surface area contributed by atoms with Crippen molar-refractivity contribution in [2.24, 2.45) is 0 Å². The van der Waals surface area contributed by atoms with E-state index in [2.05, 4.69) is 4.98 Å². The van der Waals surface area contributed by atoms with Crippen LogP contribution in [0.4, 0.5) is 18.9 Å². The standard InChI is InChI=1S/C14H17F3N4O3/c1-9(19(2)8-14(15,16)17)13(22)20-4-3-12-10(7-20)5-11(6-18-12)21(23)24/h5-6,9H,3-4,7-8H2,1-2H3/t9-/m0/s1. The van der Waals surface area contributed by atoms with Crippen LogP contribution >= 0.6 is 0 Å². The molecule has 1 aliphatic heterocycles. The third kappa shape index (κ3) is 4.19. The first-order valence-electron chi connectivity index (χ1n) is 7.26. The number of carbonyl (C=O) groups is 1. The molecule has 1 aliphatic rings. The number of fused-ring (bicyclic) bond motifs is 1. The number of hydrogen-bond acceptors (Lipinski definition) is 5. The van der Waals surface area contributed by atoms with Crippen LogP contribution in [-0.2, 0) is 17.8 Å². The van der Waals surface area contributed by atoms with Crippen molar-refractivity contribution in [2.45, 2.75) is 32.1 Å². The molecule has 0 bridgehead atoms. The smallest absolute Gasteiger partial charge is 0.337 e. The van der Waals surface area contributed by atoms with Crippen molar-refractivity contribution in [1.82, 2.24) is 14.8 Å². The van der Waals surface area contributed by atoms with Gasteiger partial charge in [0.15, 0.2) is 0 Å². The van der Waals surface area contributed by atoms with E-state index in [0.717, 1.165) is 11.1 Å². The molecule has 7 nitrogen and oxygen atoms in total. The second kappa shape index (κ2) is 6.71. The van der Waals surface area contributed by atoms with E-state index in [1.54, 1.807) is 0 Å². The van der Waals surface area contributed by atoms with Gasteiger partial charge in [0.1, 0.15) is 6.20 Å². The monoisotopic (exact) mass is 346 g/mol. The molecule has 0 aliphatic carbocycles. The van der Waals surface area contributed by atoms with Gasteiger partial charge in [-0.15, -0.1) is 0 Å². The van der Waals surface area contributed by atoms with Crippen LogP contribution < -0.4 is 0 Å². The van der Waals surface area contributed by atoms with E-state index in [9.17, 15) is 28.1 Å². The van der Waals surface area contributed by atoms with Crippen molar-refractivity contribution in [2.75, 3.05) is 20.1 Å². The molecule has 0 saturated carbocycles. The summed E-state index contributed by atoms with van der Waals surface area (Å²) in [6, 6.07) is 0.408. The molecule has 0 fully saturated rings.